The highest BCUT2D eigenvalue weighted by Crippen LogP contribution is 2.40. The van der Waals surface area contributed by atoms with Gasteiger partial charge < -0.3 is 0 Å². The average molecular weight is 359 g/mol. The molecule has 0 spiro atoms. The van der Waals surface area contributed by atoms with E-state index in [4.69, 9.17) is 5.26 Å². The summed E-state index contributed by atoms with van der Waals surface area (Å²) in [6.07, 6.45) is 1.30. The molecule has 0 saturated heterocycles. The number of hydrogen-bond donors (Lipinski definition) is 0. The number of nitriles is 1. The number of unbranched alkanes of at least 4 members (excludes halogenated alkanes) is 1. The van der Waals surface area contributed by atoms with Gasteiger partial charge in [0.05, 0.1) is 6.07 Å². The molecule has 130 valence electrons. The van der Waals surface area contributed by atoms with Crippen molar-refractivity contribution in [2.75, 3.05) is 0 Å². The fourth-order valence-electron chi connectivity index (χ4n) is 2.02. The van der Waals surface area contributed by atoms with Gasteiger partial charge in [0, 0.05) is 22.5 Å². The highest BCUT2D eigenvalue weighted by molar-refractivity contribution is 8.03. The molecule has 0 aromatic heterocycles. The van der Waals surface area contributed by atoms with Crippen LogP contribution in [0.25, 0.3) is 0 Å². The fraction of sp³-hybridized carbons (Fsp3) is 0.412. The largest absolute Gasteiger partial charge is 0.446 e. The molecule has 1 aromatic carbocycles. The predicted octanol–water partition coefficient (Wildman–Crippen LogP) is 6.01. The lowest BCUT2D eigenvalue weighted by Gasteiger charge is -2.12. The summed E-state index contributed by atoms with van der Waals surface area (Å²) in [7, 11) is 0. The highest BCUT2D eigenvalue weighted by Gasteiger charge is 2.31. The van der Waals surface area contributed by atoms with Gasteiger partial charge in [0.1, 0.15) is 5.82 Å². The molecule has 0 saturated carbocycles. The Bertz CT molecular complexity index is 629. The Morgan fingerprint density at radius 2 is 1.79 bits per heavy atom. The Kier molecular flexibility index (Phi) is 7.99. The first-order valence-electron chi connectivity index (χ1n) is 7.43. The van der Waals surface area contributed by atoms with Crippen LogP contribution < -0.4 is 0 Å². The summed E-state index contributed by atoms with van der Waals surface area (Å²) >= 11 is -0.330. The van der Waals surface area contributed by atoms with Gasteiger partial charge in [-0.15, -0.1) is 0 Å². The third-order valence-corrected chi connectivity index (χ3v) is 4.16. The van der Waals surface area contributed by atoms with Crippen molar-refractivity contribution in [1.82, 2.24) is 0 Å². The Morgan fingerprint density at radius 1 is 1.17 bits per heavy atom. The smallest absolute Gasteiger partial charge is 0.294 e. The van der Waals surface area contributed by atoms with Crippen molar-refractivity contribution in [3.63, 3.8) is 0 Å². The summed E-state index contributed by atoms with van der Waals surface area (Å²) in [5, 5.41) is 9.12. The number of nitrogens with zero attached hydrogens (tertiary/aromatic N) is 1. The third kappa shape index (κ3) is 7.18. The molecule has 0 unspecified atom stereocenters. The molecule has 0 aliphatic heterocycles. The zero-order chi connectivity index (χ0) is 18.2. The first kappa shape index (κ1) is 20.2. The molecule has 0 heterocycles. The second-order valence-electron chi connectivity index (χ2n) is 5.09. The number of thioether (sulfide) groups is 1. The van der Waals surface area contributed by atoms with Crippen LogP contribution in [0.2, 0.25) is 0 Å². The number of halogens is 4. The topological polar surface area (TPSA) is 40.9 Å². The standard InChI is InChI=1S/C17H17F4NOS/c1-2-3-4-13(11-22)16(24-17(19,20)21)10-9-15(23)12-5-7-14(18)8-6-12/h5-8H,2-4,9-10H2,1H3/b16-13+. The van der Waals surface area contributed by atoms with Gasteiger partial charge >= 0.3 is 5.51 Å². The van der Waals surface area contributed by atoms with Crippen LogP contribution in [-0.2, 0) is 0 Å². The molecular formula is C17H17F4NOS. The molecule has 0 atom stereocenters. The summed E-state index contributed by atoms with van der Waals surface area (Å²) in [5.74, 6) is -0.880. The van der Waals surface area contributed by atoms with Gasteiger partial charge in [-0.2, -0.15) is 18.4 Å². The van der Waals surface area contributed by atoms with E-state index in [1.165, 1.54) is 12.1 Å². The summed E-state index contributed by atoms with van der Waals surface area (Å²) in [5.41, 5.74) is -4.20. The van der Waals surface area contributed by atoms with Crippen LogP contribution in [0.1, 0.15) is 49.4 Å². The molecule has 1 rings (SSSR count). The van der Waals surface area contributed by atoms with Crippen LogP contribution in [0.4, 0.5) is 17.6 Å². The van der Waals surface area contributed by atoms with E-state index in [9.17, 15) is 22.4 Å². The van der Waals surface area contributed by atoms with E-state index in [0.717, 1.165) is 18.6 Å². The van der Waals surface area contributed by atoms with Crippen LogP contribution in [0.15, 0.2) is 34.7 Å². The van der Waals surface area contributed by atoms with Gasteiger partial charge in [0.15, 0.2) is 5.78 Å². The number of alkyl halides is 3. The lowest BCUT2D eigenvalue weighted by Crippen LogP contribution is -2.05. The number of carbonyl (C=O) groups is 1. The third-order valence-electron chi connectivity index (χ3n) is 3.24. The molecule has 0 radical (unpaired) electrons. The van der Waals surface area contributed by atoms with Crippen molar-refractivity contribution >= 4 is 17.5 Å². The van der Waals surface area contributed by atoms with Crippen LogP contribution in [0.5, 0.6) is 0 Å². The van der Waals surface area contributed by atoms with Gasteiger partial charge in [-0.25, -0.2) is 4.39 Å². The molecule has 0 N–H and O–H groups in total. The van der Waals surface area contributed by atoms with Crippen molar-refractivity contribution in [3.8, 4) is 6.07 Å². The minimum atomic E-state index is -4.51. The zero-order valence-electron chi connectivity index (χ0n) is 13.1. The lowest BCUT2D eigenvalue weighted by atomic mass is 10.0. The lowest BCUT2D eigenvalue weighted by molar-refractivity contribution is -0.0322. The monoisotopic (exact) mass is 359 g/mol. The summed E-state index contributed by atoms with van der Waals surface area (Å²) in [6, 6.07) is 6.66. The van der Waals surface area contributed by atoms with E-state index < -0.39 is 11.3 Å². The molecule has 2 nitrogen and oxygen atoms in total. The van der Waals surface area contributed by atoms with E-state index in [2.05, 4.69) is 0 Å². The summed E-state index contributed by atoms with van der Waals surface area (Å²) in [4.78, 5) is 11.9. The first-order chi connectivity index (χ1) is 11.3. The summed E-state index contributed by atoms with van der Waals surface area (Å²) in [6.45, 7) is 1.88. The van der Waals surface area contributed by atoms with E-state index in [1.54, 1.807) is 0 Å². The molecule has 0 fully saturated rings. The van der Waals surface area contributed by atoms with Crippen molar-refractivity contribution in [3.05, 3.63) is 46.1 Å². The van der Waals surface area contributed by atoms with Gasteiger partial charge in [0.2, 0.25) is 0 Å². The van der Waals surface area contributed by atoms with Gasteiger partial charge in [-0.1, -0.05) is 13.3 Å². The van der Waals surface area contributed by atoms with Gasteiger partial charge in [-0.05, 0) is 55.3 Å². The number of carbonyl (C=O) groups excluding carboxylic acids is 1. The van der Waals surface area contributed by atoms with Crippen molar-refractivity contribution in [2.24, 2.45) is 0 Å². The zero-order valence-corrected chi connectivity index (χ0v) is 13.9. The Labute approximate surface area is 142 Å². The quantitative estimate of drug-likeness (QED) is 0.324. The van der Waals surface area contributed by atoms with Gasteiger partial charge in [0.25, 0.3) is 0 Å². The molecule has 0 aliphatic carbocycles. The molecule has 1 aromatic rings. The van der Waals surface area contributed by atoms with Crippen LogP contribution in [-0.4, -0.2) is 11.3 Å². The van der Waals surface area contributed by atoms with E-state index in [1.807, 2.05) is 13.0 Å². The van der Waals surface area contributed by atoms with Crippen molar-refractivity contribution in [2.45, 2.75) is 44.5 Å². The number of benzene rings is 1. The molecule has 24 heavy (non-hydrogen) atoms. The van der Waals surface area contributed by atoms with E-state index in [0.29, 0.717) is 6.42 Å². The second kappa shape index (κ2) is 9.48. The minimum Gasteiger partial charge on any atom is -0.294 e. The number of ketones is 1. The van der Waals surface area contributed by atoms with Crippen LogP contribution >= 0.6 is 11.8 Å². The van der Waals surface area contributed by atoms with Crippen molar-refractivity contribution in [1.29, 1.82) is 5.26 Å². The maximum Gasteiger partial charge on any atom is 0.446 e. The van der Waals surface area contributed by atoms with Crippen LogP contribution in [0, 0.1) is 17.1 Å². The Balaban J connectivity index is 2.88. The molecule has 0 aliphatic rings. The van der Waals surface area contributed by atoms with E-state index >= 15 is 0 Å². The molecule has 0 amide bonds. The number of hydrogen-bond acceptors (Lipinski definition) is 3. The average Bonchev–Trinajstić information content (AvgIpc) is 2.52. The number of allylic oxidation sites excluding steroid dienone is 2. The number of Topliss-reactive ketones (excluding diaryl/α,β-unsaturated/α-hetero) is 1. The highest BCUT2D eigenvalue weighted by atomic mass is 32.2. The SMILES string of the molecule is CCCC/C(C#N)=C(/CCC(=O)c1ccc(F)cc1)SC(F)(F)F. The minimum absolute atomic E-state index is 0.0751. The maximum atomic E-state index is 12.8. The van der Waals surface area contributed by atoms with Crippen molar-refractivity contribution < 1.29 is 22.4 Å². The predicted molar refractivity (Wildman–Crippen MR) is 85.8 cm³/mol. The molecule has 7 heteroatoms. The van der Waals surface area contributed by atoms with Gasteiger partial charge in [-0.3, -0.25) is 4.79 Å². The molecule has 0 bridgehead atoms. The molecular weight excluding hydrogens is 342 g/mol. The van der Waals surface area contributed by atoms with E-state index in [-0.39, 0.29) is 52.8 Å². The fourth-order valence-corrected chi connectivity index (χ4v) is 2.78. The second-order valence-corrected chi connectivity index (χ2v) is 6.25. The normalized spacial score (nSPS) is 12.5. The Morgan fingerprint density at radius 3 is 2.29 bits per heavy atom. The Hall–Kier alpha value is -1.81. The maximum absolute atomic E-state index is 12.8. The first-order valence-corrected chi connectivity index (χ1v) is 8.25. The number of rotatable bonds is 8. The van der Waals surface area contributed by atoms with Crippen LogP contribution in [0.3, 0.4) is 0 Å². The summed E-state index contributed by atoms with van der Waals surface area (Å²) < 4.78 is 51.0.